The van der Waals surface area contributed by atoms with Crippen LogP contribution in [0.5, 0.6) is 0 Å². The van der Waals surface area contributed by atoms with E-state index in [1.807, 2.05) is 6.92 Å². The van der Waals surface area contributed by atoms with E-state index in [1.54, 1.807) is 0 Å². The zero-order chi connectivity index (χ0) is 15.2. The summed E-state index contributed by atoms with van der Waals surface area (Å²) < 4.78 is 5.07. The molecule has 0 radical (unpaired) electrons. The number of carboxylic acids is 1. The lowest BCUT2D eigenvalue weighted by molar-refractivity contribution is -0.141. The Kier molecular flexibility index (Phi) is 5.30. The molecule has 1 aliphatic rings. The predicted molar refractivity (Wildman–Crippen MR) is 73.5 cm³/mol. The second-order valence-corrected chi connectivity index (χ2v) is 5.47. The van der Waals surface area contributed by atoms with Gasteiger partial charge in [0.25, 0.3) is 0 Å². The fraction of sp³-hybridized carbons (Fsp3) is 0.714. The summed E-state index contributed by atoms with van der Waals surface area (Å²) >= 11 is 0. The van der Waals surface area contributed by atoms with Gasteiger partial charge in [0.05, 0.1) is 5.92 Å². The Bertz CT molecular complexity index is 500. The molecular weight excluding hydrogens is 274 g/mol. The van der Waals surface area contributed by atoms with E-state index in [2.05, 4.69) is 15.5 Å². The van der Waals surface area contributed by atoms with Gasteiger partial charge in [-0.25, -0.2) is 0 Å². The molecule has 1 fully saturated rings. The molecule has 0 aromatic carbocycles. The molecule has 0 aliphatic heterocycles. The number of amides is 1. The fourth-order valence-electron chi connectivity index (χ4n) is 2.57. The average molecular weight is 295 g/mol. The van der Waals surface area contributed by atoms with Crippen LogP contribution in [0.3, 0.4) is 0 Å². The third kappa shape index (κ3) is 4.54. The minimum atomic E-state index is -0.777. The Labute approximate surface area is 123 Å². The summed E-state index contributed by atoms with van der Waals surface area (Å²) in [4.78, 5) is 26.9. The highest BCUT2D eigenvalue weighted by atomic mass is 16.5. The Morgan fingerprint density at radius 1 is 1.38 bits per heavy atom. The van der Waals surface area contributed by atoms with Crippen LogP contribution in [0, 0.1) is 5.92 Å². The molecule has 7 nitrogen and oxygen atoms in total. The van der Waals surface area contributed by atoms with E-state index in [0.29, 0.717) is 31.0 Å². The number of hydrogen-bond acceptors (Lipinski definition) is 5. The van der Waals surface area contributed by atoms with Crippen LogP contribution in [0.2, 0.25) is 0 Å². The Hall–Kier alpha value is -1.92. The first-order valence-electron chi connectivity index (χ1n) is 7.42. The Morgan fingerprint density at radius 3 is 2.86 bits per heavy atom. The van der Waals surface area contributed by atoms with Crippen molar-refractivity contribution < 1.29 is 19.2 Å². The van der Waals surface area contributed by atoms with Crippen molar-refractivity contribution in [2.75, 3.05) is 0 Å². The lowest BCUT2D eigenvalue weighted by Gasteiger charge is -2.11. The topological polar surface area (TPSA) is 105 Å². The van der Waals surface area contributed by atoms with Gasteiger partial charge in [-0.05, 0) is 25.7 Å². The van der Waals surface area contributed by atoms with Crippen molar-refractivity contribution >= 4 is 11.9 Å². The zero-order valence-corrected chi connectivity index (χ0v) is 12.2. The second-order valence-electron chi connectivity index (χ2n) is 5.47. The number of nitrogens with zero attached hydrogens (tertiary/aromatic N) is 2. The molecule has 116 valence electrons. The molecule has 2 rings (SSSR count). The van der Waals surface area contributed by atoms with Gasteiger partial charge in [0.15, 0.2) is 5.82 Å². The molecule has 1 aromatic rings. The Balaban J connectivity index is 1.71. The molecule has 2 atom stereocenters. The first-order chi connectivity index (χ1) is 10.1. The van der Waals surface area contributed by atoms with Crippen molar-refractivity contribution in [3.8, 4) is 0 Å². The maximum absolute atomic E-state index is 11.8. The van der Waals surface area contributed by atoms with Crippen LogP contribution in [0.15, 0.2) is 4.52 Å². The smallest absolute Gasteiger partial charge is 0.306 e. The SMILES string of the molecule is CCCc1noc(CCC(=O)NC2CCC(C(=O)O)C2)n1. The summed E-state index contributed by atoms with van der Waals surface area (Å²) in [6.45, 7) is 2.04. The highest BCUT2D eigenvalue weighted by molar-refractivity contribution is 5.77. The zero-order valence-electron chi connectivity index (χ0n) is 12.2. The molecule has 1 heterocycles. The number of rotatable bonds is 7. The van der Waals surface area contributed by atoms with E-state index in [1.165, 1.54) is 0 Å². The Morgan fingerprint density at radius 2 is 2.19 bits per heavy atom. The summed E-state index contributed by atoms with van der Waals surface area (Å²) in [6, 6.07) is -0.0306. The van der Waals surface area contributed by atoms with Gasteiger partial charge < -0.3 is 14.9 Å². The monoisotopic (exact) mass is 295 g/mol. The molecule has 1 aromatic heterocycles. The minimum absolute atomic E-state index is 0.0306. The normalized spacial score (nSPS) is 21.4. The van der Waals surface area contributed by atoms with Crippen molar-refractivity contribution in [2.45, 2.75) is 57.9 Å². The predicted octanol–water partition coefficient (Wildman–Crippen LogP) is 1.32. The van der Waals surface area contributed by atoms with E-state index < -0.39 is 5.97 Å². The number of carboxylic acid groups (broad SMARTS) is 1. The van der Waals surface area contributed by atoms with E-state index in [4.69, 9.17) is 9.63 Å². The number of carbonyl (C=O) groups excluding carboxylic acids is 1. The number of nitrogens with one attached hydrogen (secondary N) is 1. The van der Waals surface area contributed by atoms with Crippen molar-refractivity contribution in [1.82, 2.24) is 15.5 Å². The first kappa shape index (κ1) is 15.5. The molecule has 2 unspecified atom stereocenters. The van der Waals surface area contributed by atoms with E-state index in [0.717, 1.165) is 19.3 Å². The van der Waals surface area contributed by atoms with Crippen LogP contribution in [-0.2, 0) is 22.4 Å². The van der Waals surface area contributed by atoms with Crippen molar-refractivity contribution in [3.05, 3.63) is 11.7 Å². The van der Waals surface area contributed by atoms with E-state index in [-0.39, 0.29) is 24.3 Å². The highest BCUT2D eigenvalue weighted by Gasteiger charge is 2.30. The molecule has 1 aliphatic carbocycles. The van der Waals surface area contributed by atoms with Crippen LogP contribution in [0.1, 0.15) is 50.7 Å². The molecule has 0 saturated heterocycles. The van der Waals surface area contributed by atoms with Gasteiger partial charge in [0.1, 0.15) is 0 Å². The highest BCUT2D eigenvalue weighted by Crippen LogP contribution is 2.25. The largest absolute Gasteiger partial charge is 0.481 e. The maximum Gasteiger partial charge on any atom is 0.306 e. The fourth-order valence-corrected chi connectivity index (χ4v) is 2.57. The summed E-state index contributed by atoms with van der Waals surface area (Å²) in [5.74, 6) is -0.0541. The lowest BCUT2D eigenvalue weighted by atomic mass is 10.1. The van der Waals surface area contributed by atoms with Gasteiger partial charge in [-0.3, -0.25) is 9.59 Å². The third-order valence-corrected chi connectivity index (χ3v) is 3.70. The van der Waals surface area contributed by atoms with Crippen molar-refractivity contribution in [3.63, 3.8) is 0 Å². The summed E-state index contributed by atoms with van der Waals surface area (Å²) in [7, 11) is 0. The summed E-state index contributed by atoms with van der Waals surface area (Å²) in [6.07, 6.45) is 4.29. The van der Waals surface area contributed by atoms with E-state index in [9.17, 15) is 9.59 Å². The van der Waals surface area contributed by atoms with Gasteiger partial charge in [0, 0.05) is 25.3 Å². The second kappa shape index (κ2) is 7.19. The third-order valence-electron chi connectivity index (χ3n) is 3.70. The minimum Gasteiger partial charge on any atom is -0.481 e. The number of hydrogen-bond donors (Lipinski definition) is 2. The maximum atomic E-state index is 11.8. The number of aryl methyl sites for hydroxylation is 2. The summed E-state index contributed by atoms with van der Waals surface area (Å²) in [5, 5.41) is 15.6. The van der Waals surface area contributed by atoms with Gasteiger partial charge in [0.2, 0.25) is 11.8 Å². The summed E-state index contributed by atoms with van der Waals surface area (Å²) in [5.41, 5.74) is 0. The molecule has 2 N–H and O–H groups in total. The number of aliphatic carboxylic acids is 1. The van der Waals surface area contributed by atoms with Crippen molar-refractivity contribution in [1.29, 1.82) is 0 Å². The quantitative estimate of drug-likeness (QED) is 0.786. The molecule has 0 spiro atoms. The number of carbonyl (C=O) groups is 2. The molecule has 1 saturated carbocycles. The van der Waals surface area contributed by atoms with Gasteiger partial charge in [-0.15, -0.1) is 0 Å². The van der Waals surface area contributed by atoms with Gasteiger partial charge in [-0.2, -0.15) is 4.98 Å². The first-order valence-corrected chi connectivity index (χ1v) is 7.42. The average Bonchev–Trinajstić information content (AvgIpc) is 3.06. The molecule has 0 bridgehead atoms. The van der Waals surface area contributed by atoms with Gasteiger partial charge in [-0.1, -0.05) is 12.1 Å². The lowest BCUT2D eigenvalue weighted by Crippen LogP contribution is -2.33. The van der Waals surface area contributed by atoms with Crippen LogP contribution in [-0.4, -0.2) is 33.2 Å². The van der Waals surface area contributed by atoms with Gasteiger partial charge >= 0.3 is 5.97 Å². The molecular formula is C14H21N3O4. The van der Waals surface area contributed by atoms with Crippen LogP contribution in [0.25, 0.3) is 0 Å². The van der Waals surface area contributed by atoms with Crippen LogP contribution in [0.4, 0.5) is 0 Å². The molecule has 1 amide bonds. The van der Waals surface area contributed by atoms with Crippen LogP contribution < -0.4 is 5.32 Å². The van der Waals surface area contributed by atoms with Crippen LogP contribution >= 0.6 is 0 Å². The molecule has 7 heteroatoms. The standard InChI is InChI=1S/C14H21N3O4/c1-2-3-11-16-13(21-17-11)7-6-12(18)15-10-5-4-9(8-10)14(19)20/h9-10H,2-8H2,1H3,(H,15,18)(H,19,20). The van der Waals surface area contributed by atoms with E-state index >= 15 is 0 Å². The number of aromatic nitrogens is 2. The van der Waals surface area contributed by atoms with Crippen molar-refractivity contribution in [2.24, 2.45) is 5.92 Å². The molecule has 21 heavy (non-hydrogen) atoms.